The topological polar surface area (TPSA) is 21.3 Å². The lowest BCUT2D eigenvalue weighted by Crippen LogP contribution is -2.42. The quantitative estimate of drug-likeness (QED) is 0.834. The molecule has 2 rings (SSSR count). The number of hydrogen-bond donors (Lipinski definition) is 1. The molecule has 1 fully saturated rings. The van der Waals surface area contributed by atoms with Crippen molar-refractivity contribution in [2.75, 3.05) is 14.2 Å². The number of nitrogens with one attached hydrogen (secondary N) is 1. The Bertz CT molecular complexity index is 378. The van der Waals surface area contributed by atoms with E-state index < -0.39 is 0 Å². The van der Waals surface area contributed by atoms with E-state index in [1.807, 2.05) is 14.2 Å². The van der Waals surface area contributed by atoms with Gasteiger partial charge in [0.05, 0.1) is 6.10 Å². The average Bonchev–Trinajstić information content (AvgIpc) is 3.11. The van der Waals surface area contributed by atoms with Gasteiger partial charge in [-0.3, -0.25) is 0 Å². The second-order valence-corrected chi connectivity index (χ2v) is 5.63. The molecule has 100 valence electrons. The monoisotopic (exact) mass is 247 g/mol. The van der Waals surface area contributed by atoms with E-state index >= 15 is 0 Å². The van der Waals surface area contributed by atoms with Crippen LogP contribution < -0.4 is 5.32 Å². The van der Waals surface area contributed by atoms with Gasteiger partial charge in [0.25, 0.3) is 0 Å². The summed E-state index contributed by atoms with van der Waals surface area (Å²) in [6, 6.07) is 7.23. The summed E-state index contributed by atoms with van der Waals surface area (Å²) < 4.78 is 5.70. The highest BCUT2D eigenvalue weighted by atomic mass is 16.5. The molecule has 1 saturated carbocycles. The molecular formula is C16H25NO. The summed E-state index contributed by atoms with van der Waals surface area (Å²) in [7, 11) is 3.89. The van der Waals surface area contributed by atoms with E-state index in [1.165, 1.54) is 29.5 Å². The van der Waals surface area contributed by atoms with Crippen LogP contribution >= 0.6 is 0 Å². The van der Waals surface area contributed by atoms with E-state index in [0.29, 0.717) is 12.1 Å². The van der Waals surface area contributed by atoms with Crippen molar-refractivity contribution in [1.29, 1.82) is 0 Å². The van der Waals surface area contributed by atoms with Crippen LogP contribution in [0, 0.1) is 19.8 Å². The number of aryl methyl sites for hydroxylation is 2. The summed E-state index contributed by atoms with van der Waals surface area (Å²) in [6.07, 6.45) is 4.05. The SMILES string of the molecule is CNC(Cc1cc(C)cc(C)c1)C(OC)C1CC1. The van der Waals surface area contributed by atoms with Crippen LogP contribution in [-0.4, -0.2) is 26.3 Å². The lowest BCUT2D eigenvalue weighted by molar-refractivity contribution is 0.0534. The van der Waals surface area contributed by atoms with Gasteiger partial charge in [0, 0.05) is 13.2 Å². The predicted molar refractivity (Wildman–Crippen MR) is 76.0 cm³/mol. The van der Waals surface area contributed by atoms with Crippen molar-refractivity contribution < 1.29 is 4.74 Å². The number of benzene rings is 1. The van der Waals surface area contributed by atoms with Crippen LogP contribution in [0.15, 0.2) is 18.2 Å². The third kappa shape index (κ3) is 3.33. The fraction of sp³-hybridized carbons (Fsp3) is 0.625. The highest BCUT2D eigenvalue weighted by molar-refractivity contribution is 5.29. The van der Waals surface area contributed by atoms with Crippen LogP contribution in [-0.2, 0) is 11.2 Å². The molecule has 0 heterocycles. The normalized spacial score (nSPS) is 18.7. The van der Waals surface area contributed by atoms with Crippen LogP contribution in [0.2, 0.25) is 0 Å². The summed E-state index contributed by atoms with van der Waals surface area (Å²) in [5, 5.41) is 3.44. The van der Waals surface area contributed by atoms with E-state index in [-0.39, 0.29) is 0 Å². The summed E-state index contributed by atoms with van der Waals surface area (Å²) in [6.45, 7) is 4.33. The summed E-state index contributed by atoms with van der Waals surface area (Å²) >= 11 is 0. The zero-order valence-corrected chi connectivity index (χ0v) is 12.0. The van der Waals surface area contributed by atoms with Gasteiger partial charge in [-0.2, -0.15) is 0 Å². The molecular weight excluding hydrogens is 222 g/mol. The van der Waals surface area contributed by atoms with Gasteiger partial charge in [-0.25, -0.2) is 0 Å². The van der Waals surface area contributed by atoms with Crippen molar-refractivity contribution in [2.24, 2.45) is 5.92 Å². The second-order valence-electron chi connectivity index (χ2n) is 5.63. The minimum atomic E-state index is 0.357. The molecule has 0 radical (unpaired) electrons. The Morgan fingerprint density at radius 1 is 1.22 bits per heavy atom. The Balaban J connectivity index is 2.08. The third-order valence-electron chi connectivity index (χ3n) is 3.86. The first-order chi connectivity index (χ1) is 8.63. The molecule has 0 amide bonds. The third-order valence-corrected chi connectivity index (χ3v) is 3.86. The van der Waals surface area contributed by atoms with Gasteiger partial charge in [0.1, 0.15) is 0 Å². The zero-order valence-electron chi connectivity index (χ0n) is 12.0. The maximum Gasteiger partial charge on any atom is 0.0755 e. The van der Waals surface area contributed by atoms with Crippen LogP contribution in [0.3, 0.4) is 0 Å². The Morgan fingerprint density at radius 3 is 2.28 bits per heavy atom. The van der Waals surface area contributed by atoms with Crippen LogP contribution in [0.1, 0.15) is 29.5 Å². The van der Waals surface area contributed by atoms with Gasteiger partial charge < -0.3 is 10.1 Å². The van der Waals surface area contributed by atoms with E-state index in [9.17, 15) is 0 Å². The molecule has 2 atom stereocenters. The van der Waals surface area contributed by atoms with Crippen LogP contribution in [0.4, 0.5) is 0 Å². The van der Waals surface area contributed by atoms with Crippen molar-refractivity contribution >= 4 is 0 Å². The summed E-state index contributed by atoms with van der Waals surface area (Å²) in [5.41, 5.74) is 4.11. The molecule has 0 bridgehead atoms. The molecule has 1 aromatic carbocycles. The van der Waals surface area contributed by atoms with Gasteiger partial charge in [0.2, 0.25) is 0 Å². The lowest BCUT2D eigenvalue weighted by atomic mass is 9.96. The van der Waals surface area contributed by atoms with Crippen molar-refractivity contribution in [2.45, 2.75) is 45.3 Å². The Kier molecular flexibility index (Phi) is 4.41. The Hall–Kier alpha value is -0.860. The Morgan fingerprint density at radius 2 is 1.83 bits per heavy atom. The lowest BCUT2D eigenvalue weighted by Gasteiger charge is -2.26. The Labute approximate surface area is 111 Å². The maximum atomic E-state index is 5.70. The fourth-order valence-electron chi connectivity index (χ4n) is 2.93. The number of rotatable bonds is 6. The van der Waals surface area contributed by atoms with E-state index in [2.05, 4.69) is 37.4 Å². The van der Waals surface area contributed by atoms with Crippen molar-refractivity contribution in [1.82, 2.24) is 5.32 Å². The first kappa shape index (κ1) is 13.6. The molecule has 1 N–H and O–H groups in total. The van der Waals surface area contributed by atoms with Crippen LogP contribution in [0.25, 0.3) is 0 Å². The zero-order chi connectivity index (χ0) is 13.1. The largest absolute Gasteiger partial charge is 0.380 e. The molecule has 2 nitrogen and oxygen atoms in total. The predicted octanol–water partition coefficient (Wildman–Crippen LogP) is 2.86. The minimum Gasteiger partial charge on any atom is -0.380 e. The number of ether oxygens (including phenoxy) is 1. The smallest absolute Gasteiger partial charge is 0.0755 e. The number of methoxy groups -OCH3 is 1. The van der Waals surface area contributed by atoms with Gasteiger partial charge in [-0.15, -0.1) is 0 Å². The molecule has 2 heteroatoms. The summed E-state index contributed by atoms with van der Waals surface area (Å²) in [4.78, 5) is 0. The standard InChI is InChI=1S/C16H25NO/c1-11-7-12(2)9-13(8-11)10-15(17-3)16(18-4)14-5-6-14/h7-9,14-17H,5-6,10H2,1-4H3. The molecule has 0 aromatic heterocycles. The molecule has 0 spiro atoms. The average molecular weight is 247 g/mol. The first-order valence-corrected chi connectivity index (χ1v) is 6.91. The van der Waals surface area contributed by atoms with E-state index in [1.54, 1.807) is 0 Å². The van der Waals surface area contributed by atoms with E-state index in [4.69, 9.17) is 4.74 Å². The van der Waals surface area contributed by atoms with Gasteiger partial charge >= 0.3 is 0 Å². The highest BCUT2D eigenvalue weighted by Gasteiger charge is 2.36. The van der Waals surface area contributed by atoms with Gasteiger partial charge in [0.15, 0.2) is 0 Å². The maximum absolute atomic E-state index is 5.70. The second kappa shape index (κ2) is 5.85. The minimum absolute atomic E-state index is 0.357. The molecule has 18 heavy (non-hydrogen) atoms. The van der Waals surface area contributed by atoms with Crippen molar-refractivity contribution in [3.63, 3.8) is 0 Å². The van der Waals surface area contributed by atoms with Crippen LogP contribution in [0.5, 0.6) is 0 Å². The van der Waals surface area contributed by atoms with Gasteiger partial charge in [-0.05, 0) is 51.6 Å². The van der Waals surface area contributed by atoms with Crippen molar-refractivity contribution in [3.8, 4) is 0 Å². The highest BCUT2D eigenvalue weighted by Crippen LogP contribution is 2.36. The molecule has 2 unspecified atom stereocenters. The molecule has 0 saturated heterocycles. The fourth-order valence-corrected chi connectivity index (χ4v) is 2.93. The molecule has 1 aromatic rings. The van der Waals surface area contributed by atoms with Gasteiger partial charge in [-0.1, -0.05) is 29.3 Å². The van der Waals surface area contributed by atoms with E-state index in [0.717, 1.165) is 12.3 Å². The number of likely N-dealkylation sites (N-methyl/N-ethyl adjacent to an activating group) is 1. The molecule has 1 aliphatic rings. The molecule has 1 aliphatic carbocycles. The van der Waals surface area contributed by atoms with Crippen molar-refractivity contribution in [3.05, 3.63) is 34.9 Å². The first-order valence-electron chi connectivity index (χ1n) is 6.91. The molecule has 0 aliphatic heterocycles. The number of hydrogen-bond acceptors (Lipinski definition) is 2. The summed E-state index contributed by atoms with van der Waals surface area (Å²) in [5.74, 6) is 0.762.